The van der Waals surface area contributed by atoms with E-state index in [-0.39, 0.29) is 36.1 Å². The number of carbonyl (C=O) groups is 2. The van der Waals surface area contributed by atoms with E-state index < -0.39 is 0 Å². The number of aryl methyl sites for hydroxylation is 1. The van der Waals surface area contributed by atoms with Crippen LogP contribution in [0.2, 0.25) is 0 Å². The highest BCUT2D eigenvalue weighted by atomic mass is 35.5. The van der Waals surface area contributed by atoms with Crippen molar-refractivity contribution in [3.8, 4) is 0 Å². The molecule has 0 spiro atoms. The van der Waals surface area contributed by atoms with Crippen LogP contribution < -0.4 is 11.1 Å². The summed E-state index contributed by atoms with van der Waals surface area (Å²) in [7, 11) is 0. The minimum Gasteiger partial charge on any atom is -0.360 e. The van der Waals surface area contributed by atoms with Gasteiger partial charge in [0.1, 0.15) is 5.76 Å². The summed E-state index contributed by atoms with van der Waals surface area (Å²) in [5, 5.41) is 6.56. The lowest BCUT2D eigenvalue weighted by Gasteiger charge is -2.34. The lowest BCUT2D eigenvalue weighted by molar-refractivity contribution is -0.139. The molecular formula is C17H27ClN4O3. The normalized spacial score (nSPS) is 24.0. The number of nitrogens with two attached hydrogens (primary N) is 1. The van der Waals surface area contributed by atoms with E-state index in [1.807, 2.05) is 4.90 Å². The van der Waals surface area contributed by atoms with Crippen molar-refractivity contribution in [3.63, 3.8) is 0 Å². The number of rotatable bonds is 4. The summed E-state index contributed by atoms with van der Waals surface area (Å²) >= 11 is 0. The lowest BCUT2D eigenvalue weighted by Crippen LogP contribution is -2.45. The Morgan fingerprint density at radius 3 is 2.64 bits per heavy atom. The van der Waals surface area contributed by atoms with Gasteiger partial charge in [0.05, 0.1) is 0 Å². The zero-order valence-corrected chi connectivity index (χ0v) is 15.4. The molecule has 3 N–H and O–H groups in total. The van der Waals surface area contributed by atoms with E-state index in [1.54, 1.807) is 13.0 Å². The average Bonchev–Trinajstić information content (AvgIpc) is 3.23. The molecule has 2 amide bonds. The number of hydrogen-bond acceptors (Lipinski definition) is 5. The molecule has 1 saturated heterocycles. The van der Waals surface area contributed by atoms with E-state index in [9.17, 15) is 9.59 Å². The summed E-state index contributed by atoms with van der Waals surface area (Å²) in [6.45, 7) is 3.65. The molecule has 2 aliphatic rings. The maximum absolute atomic E-state index is 12.7. The molecule has 0 aromatic carbocycles. The fourth-order valence-corrected chi connectivity index (χ4v) is 3.89. The monoisotopic (exact) mass is 370 g/mol. The molecule has 0 radical (unpaired) electrons. The van der Waals surface area contributed by atoms with Crippen LogP contribution in [-0.2, 0) is 9.59 Å². The molecule has 2 atom stereocenters. The maximum Gasteiger partial charge on any atom is 0.228 e. The summed E-state index contributed by atoms with van der Waals surface area (Å²) in [4.78, 5) is 26.9. The largest absolute Gasteiger partial charge is 0.360 e. The van der Waals surface area contributed by atoms with Gasteiger partial charge < -0.3 is 20.5 Å². The third-order valence-corrected chi connectivity index (χ3v) is 5.34. The molecule has 25 heavy (non-hydrogen) atoms. The maximum atomic E-state index is 12.7. The van der Waals surface area contributed by atoms with E-state index in [1.165, 1.54) is 0 Å². The van der Waals surface area contributed by atoms with Crippen molar-refractivity contribution in [2.24, 2.45) is 23.5 Å². The highest BCUT2D eigenvalue weighted by Crippen LogP contribution is 2.33. The molecule has 1 aliphatic carbocycles. The Kier molecular flexibility index (Phi) is 6.84. The fourth-order valence-electron chi connectivity index (χ4n) is 3.89. The highest BCUT2D eigenvalue weighted by Gasteiger charge is 2.36. The quantitative estimate of drug-likeness (QED) is 0.843. The molecule has 1 aromatic heterocycles. The van der Waals surface area contributed by atoms with Crippen molar-refractivity contribution < 1.29 is 14.1 Å². The summed E-state index contributed by atoms with van der Waals surface area (Å²) in [6, 6.07) is 1.70. The molecule has 1 aliphatic heterocycles. The van der Waals surface area contributed by atoms with E-state index in [0.29, 0.717) is 50.0 Å². The third-order valence-electron chi connectivity index (χ3n) is 5.34. The number of nitrogens with one attached hydrogen (secondary N) is 1. The van der Waals surface area contributed by atoms with Gasteiger partial charge in [0.2, 0.25) is 11.8 Å². The Bertz CT molecular complexity index is 598. The van der Waals surface area contributed by atoms with E-state index in [0.717, 1.165) is 19.3 Å². The van der Waals surface area contributed by atoms with Crippen LogP contribution in [0.3, 0.4) is 0 Å². The molecule has 3 rings (SSSR count). The molecule has 2 fully saturated rings. The van der Waals surface area contributed by atoms with Gasteiger partial charge in [-0.05, 0) is 45.1 Å². The smallest absolute Gasteiger partial charge is 0.228 e. The van der Waals surface area contributed by atoms with Gasteiger partial charge >= 0.3 is 0 Å². The molecule has 140 valence electrons. The minimum atomic E-state index is -0.0834. The zero-order valence-electron chi connectivity index (χ0n) is 14.6. The number of amides is 2. The van der Waals surface area contributed by atoms with Crippen molar-refractivity contribution in [2.45, 2.75) is 39.0 Å². The summed E-state index contributed by atoms with van der Waals surface area (Å²) in [5.74, 6) is 1.63. The van der Waals surface area contributed by atoms with Crippen LogP contribution in [0.5, 0.6) is 0 Å². The highest BCUT2D eigenvalue weighted by molar-refractivity contribution is 5.92. The molecule has 8 heteroatoms. The van der Waals surface area contributed by atoms with Crippen LogP contribution in [-0.4, -0.2) is 41.5 Å². The van der Waals surface area contributed by atoms with Crippen molar-refractivity contribution in [1.29, 1.82) is 0 Å². The van der Waals surface area contributed by atoms with Gasteiger partial charge in [-0.3, -0.25) is 9.59 Å². The number of hydrogen-bond donors (Lipinski definition) is 2. The summed E-state index contributed by atoms with van der Waals surface area (Å²) < 4.78 is 4.95. The summed E-state index contributed by atoms with van der Waals surface area (Å²) in [6.07, 6.45) is 4.48. The van der Waals surface area contributed by atoms with E-state index in [2.05, 4.69) is 10.5 Å². The number of carbonyl (C=O) groups excluding carboxylic acids is 2. The number of piperidine rings is 1. The first kappa shape index (κ1) is 19.7. The van der Waals surface area contributed by atoms with Crippen molar-refractivity contribution >= 4 is 30.0 Å². The van der Waals surface area contributed by atoms with Crippen LogP contribution in [0.15, 0.2) is 10.6 Å². The second kappa shape index (κ2) is 8.67. The van der Waals surface area contributed by atoms with Gasteiger partial charge in [0.15, 0.2) is 5.82 Å². The van der Waals surface area contributed by atoms with Crippen LogP contribution >= 0.6 is 12.4 Å². The predicted molar refractivity (Wildman–Crippen MR) is 96.3 cm³/mol. The van der Waals surface area contributed by atoms with Gasteiger partial charge in [0, 0.05) is 31.0 Å². The summed E-state index contributed by atoms with van der Waals surface area (Å²) in [5.41, 5.74) is 5.79. The van der Waals surface area contributed by atoms with Crippen molar-refractivity contribution in [1.82, 2.24) is 10.1 Å². The number of nitrogens with zero attached hydrogens (tertiary/aromatic N) is 2. The Morgan fingerprint density at radius 2 is 2.04 bits per heavy atom. The molecule has 2 heterocycles. The van der Waals surface area contributed by atoms with Crippen molar-refractivity contribution in [2.75, 3.05) is 25.0 Å². The van der Waals surface area contributed by atoms with Crippen LogP contribution in [0.4, 0.5) is 5.82 Å². The Balaban J connectivity index is 0.00000225. The molecular weight excluding hydrogens is 344 g/mol. The van der Waals surface area contributed by atoms with Gasteiger partial charge in [0.25, 0.3) is 0 Å². The van der Waals surface area contributed by atoms with Crippen LogP contribution in [0.25, 0.3) is 0 Å². The molecule has 0 unspecified atom stereocenters. The average molecular weight is 371 g/mol. The first-order valence-corrected chi connectivity index (χ1v) is 8.81. The number of anilines is 1. The third kappa shape index (κ3) is 4.52. The van der Waals surface area contributed by atoms with Gasteiger partial charge in [-0.2, -0.15) is 0 Å². The van der Waals surface area contributed by atoms with Crippen molar-refractivity contribution in [3.05, 3.63) is 11.8 Å². The Morgan fingerprint density at radius 1 is 1.32 bits per heavy atom. The predicted octanol–water partition coefficient (Wildman–Crippen LogP) is 1.96. The molecule has 0 bridgehead atoms. The first-order chi connectivity index (χ1) is 11.6. The Hall–Kier alpha value is -1.60. The zero-order chi connectivity index (χ0) is 17.1. The minimum absolute atomic E-state index is 0. The first-order valence-electron chi connectivity index (χ1n) is 8.81. The van der Waals surface area contributed by atoms with Gasteiger partial charge in [-0.25, -0.2) is 0 Å². The molecule has 1 aromatic rings. The second-order valence-corrected chi connectivity index (χ2v) is 6.94. The topological polar surface area (TPSA) is 101 Å². The van der Waals surface area contributed by atoms with Crippen LogP contribution in [0, 0.1) is 24.7 Å². The molecule has 1 saturated carbocycles. The standard InChI is InChI=1S/C17H26N4O3.ClH/c1-11-9-15(20-24-11)19-16(22)12-5-7-21(8-6-12)17(23)14-4-2-3-13(14)10-18;/h9,12-14H,2-8,10,18H2,1H3,(H,19,20,22);1H/t13-,14-;/m1./s1. The van der Waals surface area contributed by atoms with Gasteiger partial charge in [-0.1, -0.05) is 11.6 Å². The number of likely N-dealkylation sites (tertiary alicyclic amines) is 1. The van der Waals surface area contributed by atoms with E-state index >= 15 is 0 Å². The van der Waals surface area contributed by atoms with Crippen LogP contribution in [0.1, 0.15) is 37.9 Å². The molecule has 7 nitrogen and oxygen atoms in total. The van der Waals surface area contributed by atoms with E-state index in [4.69, 9.17) is 10.3 Å². The second-order valence-electron chi connectivity index (χ2n) is 6.94. The van der Waals surface area contributed by atoms with Gasteiger partial charge in [-0.15, -0.1) is 12.4 Å². The number of halogens is 1. The fraction of sp³-hybridized carbons (Fsp3) is 0.706. The SMILES string of the molecule is Cc1cc(NC(=O)C2CCN(C(=O)[C@@H]3CCC[C@@H]3CN)CC2)no1.Cl. The lowest BCUT2D eigenvalue weighted by atomic mass is 9.91. The Labute approximate surface area is 154 Å². The number of aromatic nitrogens is 1.